The number of rotatable bonds is 3. The Labute approximate surface area is 124 Å². The van der Waals surface area contributed by atoms with E-state index in [1.54, 1.807) is 13.3 Å². The summed E-state index contributed by atoms with van der Waals surface area (Å²) in [7, 11) is 1.60. The van der Waals surface area contributed by atoms with Crippen LogP contribution >= 0.6 is 36.4 Å². The van der Waals surface area contributed by atoms with Gasteiger partial charge in [0.1, 0.15) is 0 Å². The second-order valence-corrected chi connectivity index (χ2v) is 4.06. The molecule has 18 heavy (non-hydrogen) atoms. The number of anilines is 1. The Bertz CT molecular complexity index is 361. The molecule has 0 spiro atoms. The van der Waals surface area contributed by atoms with E-state index in [0.717, 1.165) is 25.9 Å². The van der Waals surface area contributed by atoms with E-state index in [1.165, 1.54) is 0 Å². The zero-order valence-corrected chi connectivity index (χ0v) is 12.4. The summed E-state index contributed by atoms with van der Waals surface area (Å²) in [6.45, 7) is 2.05. The van der Waals surface area contributed by atoms with Crippen molar-refractivity contribution in [2.75, 3.05) is 25.5 Å². The number of halogens is 3. The summed E-state index contributed by atoms with van der Waals surface area (Å²) in [5, 5.41) is 6.88. The van der Waals surface area contributed by atoms with Gasteiger partial charge in [-0.25, -0.2) is 4.98 Å². The molecule has 0 atom stereocenters. The largest absolute Gasteiger partial charge is 0.491 e. The van der Waals surface area contributed by atoms with Gasteiger partial charge in [0.2, 0.25) is 5.28 Å². The van der Waals surface area contributed by atoms with Crippen molar-refractivity contribution in [1.29, 1.82) is 0 Å². The third kappa shape index (κ3) is 4.65. The number of piperidine rings is 1. The van der Waals surface area contributed by atoms with E-state index in [2.05, 4.69) is 20.6 Å². The zero-order chi connectivity index (χ0) is 11.4. The molecule has 2 heterocycles. The molecule has 2 rings (SSSR count). The number of ether oxygens (including phenoxy) is 1. The summed E-state index contributed by atoms with van der Waals surface area (Å²) in [4.78, 5) is 8.02. The molecule has 1 aliphatic heterocycles. The maximum atomic E-state index is 5.76. The Morgan fingerprint density at radius 3 is 2.67 bits per heavy atom. The topological polar surface area (TPSA) is 59.1 Å². The predicted octanol–water partition coefficient (Wildman–Crippen LogP) is 2.15. The molecule has 0 aromatic carbocycles. The van der Waals surface area contributed by atoms with E-state index in [9.17, 15) is 0 Å². The van der Waals surface area contributed by atoms with Crippen LogP contribution in [0.4, 0.5) is 5.82 Å². The number of methoxy groups -OCH3 is 1. The third-order valence-corrected chi connectivity index (χ3v) is 2.81. The molecule has 104 valence electrons. The maximum Gasteiger partial charge on any atom is 0.224 e. The lowest BCUT2D eigenvalue weighted by atomic mass is 10.1. The van der Waals surface area contributed by atoms with Crippen molar-refractivity contribution in [2.45, 2.75) is 18.9 Å². The number of nitrogens with zero attached hydrogens (tertiary/aromatic N) is 2. The highest BCUT2D eigenvalue weighted by Gasteiger charge is 2.15. The van der Waals surface area contributed by atoms with Gasteiger partial charge in [-0.2, -0.15) is 4.98 Å². The second kappa shape index (κ2) is 8.58. The SMILES string of the molecule is COc1cnc(Cl)nc1NC1CCNCC1.Cl.Cl. The summed E-state index contributed by atoms with van der Waals surface area (Å²) < 4.78 is 5.18. The van der Waals surface area contributed by atoms with Crippen LogP contribution in [0.2, 0.25) is 5.28 Å². The van der Waals surface area contributed by atoms with Crippen LogP contribution in [0, 0.1) is 0 Å². The summed E-state index contributed by atoms with van der Waals surface area (Å²) >= 11 is 5.76. The number of hydrogen-bond acceptors (Lipinski definition) is 5. The first-order valence-corrected chi connectivity index (χ1v) is 5.71. The Morgan fingerprint density at radius 2 is 2.06 bits per heavy atom. The fraction of sp³-hybridized carbons (Fsp3) is 0.600. The van der Waals surface area contributed by atoms with Gasteiger partial charge in [-0.15, -0.1) is 24.8 Å². The average molecular weight is 316 g/mol. The van der Waals surface area contributed by atoms with Crippen molar-refractivity contribution >= 4 is 42.2 Å². The lowest BCUT2D eigenvalue weighted by molar-refractivity contribution is 0.410. The fourth-order valence-electron chi connectivity index (χ4n) is 1.76. The lowest BCUT2D eigenvalue weighted by Gasteiger charge is -2.24. The van der Waals surface area contributed by atoms with Crippen molar-refractivity contribution in [3.63, 3.8) is 0 Å². The van der Waals surface area contributed by atoms with Gasteiger partial charge in [-0.05, 0) is 37.5 Å². The first kappa shape index (κ1) is 17.5. The Hall–Kier alpha value is -0.490. The minimum Gasteiger partial charge on any atom is -0.491 e. The van der Waals surface area contributed by atoms with Crippen LogP contribution in [0.1, 0.15) is 12.8 Å². The molecular weight excluding hydrogens is 298 g/mol. The van der Waals surface area contributed by atoms with Crippen molar-refractivity contribution in [3.05, 3.63) is 11.5 Å². The molecule has 1 aromatic rings. The first-order valence-electron chi connectivity index (χ1n) is 5.33. The van der Waals surface area contributed by atoms with Gasteiger partial charge in [-0.3, -0.25) is 0 Å². The standard InChI is InChI=1S/C10H15ClN4O.2ClH/c1-16-8-6-13-10(11)15-9(8)14-7-2-4-12-5-3-7;;/h6-7,12H,2-5H2,1H3,(H,13,14,15);2*1H. The average Bonchev–Trinajstić information content (AvgIpc) is 2.31. The van der Waals surface area contributed by atoms with E-state index in [0.29, 0.717) is 17.6 Å². The quantitative estimate of drug-likeness (QED) is 0.837. The monoisotopic (exact) mass is 314 g/mol. The summed E-state index contributed by atoms with van der Waals surface area (Å²) in [5.74, 6) is 1.30. The van der Waals surface area contributed by atoms with Crippen LogP contribution in [0.3, 0.4) is 0 Å². The zero-order valence-electron chi connectivity index (χ0n) is 9.98. The van der Waals surface area contributed by atoms with Crippen LogP contribution in [-0.2, 0) is 0 Å². The van der Waals surface area contributed by atoms with E-state index >= 15 is 0 Å². The molecule has 2 N–H and O–H groups in total. The van der Waals surface area contributed by atoms with Gasteiger partial charge < -0.3 is 15.4 Å². The molecule has 0 amide bonds. The summed E-state index contributed by atoms with van der Waals surface area (Å²) in [5.41, 5.74) is 0. The van der Waals surface area contributed by atoms with Gasteiger partial charge in [-0.1, -0.05) is 0 Å². The second-order valence-electron chi connectivity index (χ2n) is 3.72. The van der Waals surface area contributed by atoms with Crippen LogP contribution in [0.5, 0.6) is 5.75 Å². The van der Waals surface area contributed by atoms with Crippen molar-refractivity contribution in [3.8, 4) is 5.75 Å². The molecule has 1 fully saturated rings. The van der Waals surface area contributed by atoms with Gasteiger partial charge in [0.25, 0.3) is 0 Å². The number of hydrogen-bond donors (Lipinski definition) is 2. The van der Waals surface area contributed by atoms with Crippen molar-refractivity contribution in [1.82, 2.24) is 15.3 Å². The van der Waals surface area contributed by atoms with Crippen LogP contribution < -0.4 is 15.4 Å². The minimum atomic E-state index is 0. The maximum absolute atomic E-state index is 5.76. The molecule has 8 heteroatoms. The number of aromatic nitrogens is 2. The molecular formula is C10H17Cl3N4O. The molecule has 0 radical (unpaired) electrons. The van der Waals surface area contributed by atoms with Gasteiger partial charge in [0.05, 0.1) is 13.3 Å². The molecule has 1 aliphatic rings. The van der Waals surface area contributed by atoms with Gasteiger partial charge >= 0.3 is 0 Å². The minimum absolute atomic E-state index is 0. The third-order valence-electron chi connectivity index (χ3n) is 2.63. The molecule has 1 aromatic heterocycles. The Morgan fingerprint density at radius 1 is 1.39 bits per heavy atom. The highest BCUT2D eigenvalue weighted by molar-refractivity contribution is 6.28. The summed E-state index contributed by atoms with van der Waals surface area (Å²) in [6.07, 6.45) is 3.73. The highest BCUT2D eigenvalue weighted by Crippen LogP contribution is 2.23. The normalized spacial score (nSPS) is 15.2. The van der Waals surface area contributed by atoms with Gasteiger partial charge in [0, 0.05) is 6.04 Å². The van der Waals surface area contributed by atoms with Crippen molar-refractivity contribution in [2.24, 2.45) is 0 Å². The van der Waals surface area contributed by atoms with E-state index in [-0.39, 0.29) is 30.1 Å². The molecule has 5 nitrogen and oxygen atoms in total. The predicted molar refractivity (Wildman–Crippen MR) is 77.6 cm³/mol. The smallest absolute Gasteiger partial charge is 0.224 e. The van der Waals surface area contributed by atoms with E-state index in [4.69, 9.17) is 16.3 Å². The van der Waals surface area contributed by atoms with Crippen LogP contribution in [-0.4, -0.2) is 36.2 Å². The molecule has 0 bridgehead atoms. The Balaban J connectivity index is 0.00000144. The fourth-order valence-corrected chi connectivity index (χ4v) is 1.89. The highest BCUT2D eigenvalue weighted by atomic mass is 35.5. The van der Waals surface area contributed by atoms with E-state index in [1.807, 2.05) is 0 Å². The molecule has 1 saturated heterocycles. The molecule has 0 aliphatic carbocycles. The van der Waals surface area contributed by atoms with Crippen molar-refractivity contribution < 1.29 is 4.74 Å². The first-order chi connectivity index (χ1) is 7.79. The molecule has 0 saturated carbocycles. The van der Waals surface area contributed by atoms with Crippen LogP contribution in [0.15, 0.2) is 6.20 Å². The Kier molecular flexibility index (Phi) is 8.35. The molecule has 0 unspecified atom stereocenters. The summed E-state index contributed by atoms with van der Waals surface area (Å²) in [6, 6.07) is 0.418. The van der Waals surface area contributed by atoms with E-state index < -0.39 is 0 Å². The lowest BCUT2D eigenvalue weighted by Crippen LogP contribution is -2.35. The van der Waals surface area contributed by atoms with Crippen LogP contribution in [0.25, 0.3) is 0 Å². The number of nitrogens with one attached hydrogen (secondary N) is 2. The van der Waals surface area contributed by atoms with Gasteiger partial charge in [0.15, 0.2) is 11.6 Å².